The first-order chi connectivity index (χ1) is 24.7. The lowest BCUT2D eigenvalue weighted by Crippen LogP contribution is -2.47. The number of ether oxygens (including phenoxy) is 1. The summed E-state index contributed by atoms with van der Waals surface area (Å²) < 4.78 is 33.4. The number of carbonyl (C=O) groups is 3. The number of halogens is 2. The normalized spacial score (nSPS) is 20.1. The first kappa shape index (κ1) is 38.1. The zero-order valence-electron chi connectivity index (χ0n) is 29.0. The molecule has 2 aromatic heterocycles. The molecule has 0 bridgehead atoms. The Labute approximate surface area is 300 Å². The summed E-state index contributed by atoms with van der Waals surface area (Å²) in [5, 5.41) is 22.0. The van der Waals surface area contributed by atoms with Crippen molar-refractivity contribution in [1.82, 2.24) is 34.7 Å². The van der Waals surface area contributed by atoms with E-state index in [-0.39, 0.29) is 30.1 Å². The molecule has 2 atom stereocenters. The summed E-state index contributed by atoms with van der Waals surface area (Å²) >= 11 is 1.91. The highest BCUT2D eigenvalue weighted by molar-refractivity contribution is 7.97. The lowest BCUT2D eigenvalue weighted by atomic mass is 9.92. The molecule has 3 fully saturated rings. The highest BCUT2D eigenvalue weighted by Gasteiger charge is 2.32. The number of fused-ring (bicyclic) bond motifs is 1. The number of alkyl halides is 2. The maximum Gasteiger partial charge on any atom is 0.387 e. The van der Waals surface area contributed by atoms with Crippen LogP contribution < -0.4 is 25.6 Å². The summed E-state index contributed by atoms with van der Waals surface area (Å²) in [5.74, 6) is 0.533. The van der Waals surface area contributed by atoms with Crippen LogP contribution in [0.3, 0.4) is 0 Å². The molecule has 1 aromatic carbocycles. The van der Waals surface area contributed by atoms with Crippen molar-refractivity contribution in [3.8, 4) is 5.75 Å². The number of imide groups is 1. The van der Waals surface area contributed by atoms with Gasteiger partial charge in [0, 0.05) is 68.6 Å². The summed E-state index contributed by atoms with van der Waals surface area (Å²) in [6.45, 7) is 3.90. The maximum atomic E-state index is 12.7. The number of benzene rings is 1. The van der Waals surface area contributed by atoms with E-state index in [4.69, 9.17) is 15.0 Å². The van der Waals surface area contributed by atoms with Crippen molar-refractivity contribution in [2.45, 2.75) is 82.9 Å². The van der Waals surface area contributed by atoms with Crippen LogP contribution in [0.2, 0.25) is 0 Å². The molecule has 14 nitrogen and oxygen atoms in total. The van der Waals surface area contributed by atoms with Gasteiger partial charge in [0.1, 0.15) is 0 Å². The van der Waals surface area contributed by atoms with Crippen LogP contribution in [-0.4, -0.2) is 105 Å². The number of rotatable bonds is 13. The SMILES string of the molecule is Cc1cc2c(C3CCC(=O)NC3=O)nn(C)c2cc1N(CCCCSN1CCC(Nc2ncc(OC(F)F)cn2)CC1)C1CCCNC1.O=CO. The molecule has 2 unspecified atom stereocenters. The number of carbonyl (C=O) groups excluding carboxylic acids is 2. The predicted octanol–water partition coefficient (Wildman–Crippen LogP) is 4.06. The monoisotopic (exact) mass is 731 g/mol. The summed E-state index contributed by atoms with van der Waals surface area (Å²) in [5.41, 5.74) is 4.14. The van der Waals surface area contributed by atoms with Crippen LogP contribution in [0.25, 0.3) is 10.9 Å². The number of carboxylic acid groups (broad SMARTS) is 1. The second-order valence-electron chi connectivity index (χ2n) is 13.0. The molecule has 3 aromatic rings. The zero-order valence-corrected chi connectivity index (χ0v) is 29.8. The van der Waals surface area contributed by atoms with Gasteiger partial charge >= 0.3 is 6.61 Å². The van der Waals surface area contributed by atoms with Gasteiger partial charge in [-0.1, -0.05) is 11.9 Å². The Morgan fingerprint density at radius 3 is 2.57 bits per heavy atom. The third-order valence-corrected chi connectivity index (χ3v) is 10.7. The van der Waals surface area contributed by atoms with E-state index in [0.29, 0.717) is 24.8 Å². The molecule has 17 heteroatoms. The van der Waals surface area contributed by atoms with E-state index in [0.717, 1.165) is 93.6 Å². The number of piperidine rings is 3. The maximum absolute atomic E-state index is 12.7. The van der Waals surface area contributed by atoms with Crippen molar-refractivity contribution in [2.75, 3.05) is 48.7 Å². The van der Waals surface area contributed by atoms with E-state index in [1.54, 1.807) is 0 Å². The number of unbranched alkanes of at least 4 members (excludes halogenated alkanes) is 1. The van der Waals surface area contributed by atoms with Crippen LogP contribution in [-0.2, 0) is 21.4 Å². The predicted molar refractivity (Wildman–Crippen MR) is 191 cm³/mol. The Morgan fingerprint density at radius 1 is 1.16 bits per heavy atom. The second-order valence-corrected chi connectivity index (χ2v) is 14.2. The van der Waals surface area contributed by atoms with Crippen molar-refractivity contribution in [1.29, 1.82) is 0 Å². The number of amides is 2. The minimum Gasteiger partial charge on any atom is -0.483 e. The van der Waals surface area contributed by atoms with E-state index < -0.39 is 12.5 Å². The van der Waals surface area contributed by atoms with Gasteiger partial charge in [0.25, 0.3) is 6.47 Å². The summed E-state index contributed by atoms with van der Waals surface area (Å²) in [4.78, 5) is 43.6. The number of hydrogen-bond acceptors (Lipinski definition) is 12. The third kappa shape index (κ3) is 10.3. The van der Waals surface area contributed by atoms with Gasteiger partial charge in [-0.3, -0.25) is 28.7 Å². The standard InChI is InChI=1S/C33H45F2N9O3S.CH2O2/c1-21-16-26-28(42(2)41-30(26)25-7-8-29(45)40-31(25)46)17-27(21)44(23-6-5-11-36-18-23)12-3-4-15-48-43-13-9-22(10-14-43)39-33-37-19-24(20-38-33)47-32(34)35;2-1-3/h16-17,19-20,22-23,25,32,36H,3-15,18H2,1-2H3,(H,37,38,39)(H,40,45,46);1H,(H,2,3). The molecule has 278 valence electrons. The first-order valence-electron chi connectivity index (χ1n) is 17.4. The van der Waals surface area contributed by atoms with Gasteiger partial charge in [0.05, 0.1) is 29.5 Å². The van der Waals surface area contributed by atoms with Crippen molar-refractivity contribution in [2.24, 2.45) is 7.05 Å². The summed E-state index contributed by atoms with van der Waals surface area (Å²) in [7, 11) is 1.93. The van der Waals surface area contributed by atoms with E-state index in [2.05, 4.69) is 58.9 Å². The van der Waals surface area contributed by atoms with Gasteiger partial charge in [0.2, 0.25) is 17.8 Å². The van der Waals surface area contributed by atoms with E-state index >= 15 is 0 Å². The fourth-order valence-electron chi connectivity index (χ4n) is 6.99. The lowest BCUT2D eigenvalue weighted by Gasteiger charge is -2.37. The Morgan fingerprint density at radius 2 is 1.90 bits per heavy atom. The number of nitrogens with one attached hydrogen (secondary N) is 3. The average molecular weight is 732 g/mol. The second kappa shape index (κ2) is 18.4. The Bertz CT molecular complexity index is 1620. The minimum absolute atomic E-state index is 0.0504. The first-order valence-corrected chi connectivity index (χ1v) is 18.4. The van der Waals surface area contributed by atoms with E-state index in [1.165, 1.54) is 23.6 Å². The number of aryl methyl sites for hydroxylation is 2. The molecule has 3 saturated heterocycles. The quantitative estimate of drug-likeness (QED) is 0.0862. The van der Waals surface area contributed by atoms with Crippen LogP contribution in [0.1, 0.15) is 68.5 Å². The molecule has 0 saturated carbocycles. The number of hydrogen-bond donors (Lipinski definition) is 4. The highest BCUT2D eigenvalue weighted by Crippen LogP contribution is 2.35. The molecule has 0 spiro atoms. The molecule has 2 amide bonds. The highest BCUT2D eigenvalue weighted by atomic mass is 32.2. The molecule has 3 aliphatic rings. The van der Waals surface area contributed by atoms with Gasteiger partial charge < -0.3 is 25.4 Å². The van der Waals surface area contributed by atoms with Gasteiger partial charge in [-0.15, -0.1) is 0 Å². The van der Waals surface area contributed by atoms with Crippen molar-refractivity contribution in [3.63, 3.8) is 0 Å². The number of aromatic nitrogens is 4. The molecule has 5 heterocycles. The van der Waals surface area contributed by atoms with Gasteiger partial charge in [-0.05, 0) is 76.1 Å². The van der Waals surface area contributed by atoms with E-state index in [1.807, 2.05) is 23.7 Å². The number of nitrogens with zero attached hydrogens (tertiary/aromatic N) is 6. The van der Waals surface area contributed by atoms with Gasteiger partial charge in [0.15, 0.2) is 5.75 Å². The number of anilines is 2. The Balaban J connectivity index is 0.00000162. The minimum atomic E-state index is -2.89. The Hall–Kier alpha value is -4.09. The van der Waals surface area contributed by atoms with Crippen LogP contribution in [0.5, 0.6) is 5.75 Å². The van der Waals surface area contributed by atoms with Crippen LogP contribution >= 0.6 is 11.9 Å². The molecule has 3 aliphatic heterocycles. The summed E-state index contributed by atoms with van der Waals surface area (Å²) in [6.07, 6.45) is 9.72. The average Bonchev–Trinajstić information content (AvgIpc) is 3.42. The molecule has 51 heavy (non-hydrogen) atoms. The molecule has 4 N–H and O–H groups in total. The van der Waals surface area contributed by atoms with Crippen LogP contribution in [0.15, 0.2) is 24.5 Å². The molecule has 6 rings (SSSR count). The molecular weight excluding hydrogens is 684 g/mol. The van der Waals surface area contributed by atoms with Crippen LogP contribution in [0, 0.1) is 6.92 Å². The molecule has 0 aliphatic carbocycles. The fourth-order valence-corrected chi connectivity index (χ4v) is 8.05. The smallest absolute Gasteiger partial charge is 0.387 e. The van der Waals surface area contributed by atoms with Gasteiger partial charge in [-0.2, -0.15) is 13.9 Å². The molecule has 0 radical (unpaired) electrons. The molecular formula is C34H47F2N9O5S. The third-order valence-electron chi connectivity index (χ3n) is 9.49. The van der Waals surface area contributed by atoms with Crippen molar-refractivity contribution in [3.05, 3.63) is 35.8 Å². The van der Waals surface area contributed by atoms with Gasteiger partial charge in [-0.25, -0.2) is 9.97 Å². The fraction of sp³-hybridized carbons (Fsp3) is 0.588. The zero-order chi connectivity index (χ0) is 36.3. The largest absolute Gasteiger partial charge is 0.483 e. The van der Waals surface area contributed by atoms with Crippen LogP contribution in [0.4, 0.5) is 20.4 Å². The lowest BCUT2D eigenvalue weighted by molar-refractivity contribution is -0.134. The van der Waals surface area contributed by atoms with Crippen molar-refractivity contribution >= 4 is 52.8 Å². The Kier molecular flexibility index (Phi) is 13.8. The summed E-state index contributed by atoms with van der Waals surface area (Å²) in [6, 6.07) is 5.07. The van der Waals surface area contributed by atoms with Crippen molar-refractivity contribution < 1.29 is 33.0 Å². The topological polar surface area (TPSA) is 167 Å². The van der Waals surface area contributed by atoms with E-state index in [9.17, 15) is 18.4 Å².